The van der Waals surface area contributed by atoms with Crippen molar-refractivity contribution >= 4 is 31.9 Å². The highest BCUT2D eigenvalue weighted by Gasteiger charge is 2.48. The van der Waals surface area contributed by atoms with Crippen molar-refractivity contribution in [1.82, 2.24) is 0 Å². The molecule has 0 radical (unpaired) electrons. The molecule has 0 rings (SSSR count). The summed E-state index contributed by atoms with van der Waals surface area (Å²) in [6.07, 6.45) is 3.89. The normalized spacial score (nSPS) is 13.3. The molecule has 0 amide bonds. The van der Waals surface area contributed by atoms with E-state index in [1.54, 1.807) is 14.2 Å². The molecule has 0 atom stereocenters. The molecule has 0 spiro atoms. The van der Waals surface area contributed by atoms with Gasteiger partial charge in [-0.25, -0.2) is 0 Å². The topological polar surface area (TPSA) is 18.5 Å². The number of alkyl halides is 2. The highest BCUT2D eigenvalue weighted by Crippen LogP contribution is 2.46. The molecule has 0 saturated carbocycles. The van der Waals surface area contributed by atoms with Crippen molar-refractivity contribution in [3.05, 3.63) is 0 Å². The predicted molar refractivity (Wildman–Crippen MR) is 67.2 cm³/mol. The summed E-state index contributed by atoms with van der Waals surface area (Å²) >= 11 is 7.31. The van der Waals surface area contributed by atoms with Gasteiger partial charge < -0.3 is 9.47 Å². The van der Waals surface area contributed by atoms with Crippen LogP contribution in [0.3, 0.4) is 0 Å². The zero-order valence-corrected chi connectivity index (χ0v) is 12.6. The Morgan fingerprint density at radius 2 is 1.36 bits per heavy atom. The van der Waals surface area contributed by atoms with Gasteiger partial charge in [-0.15, -0.1) is 0 Å². The lowest BCUT2D eigenvalue weighted by molar-refractivity contribution is -0.215. The first-order valence-electron chi connectivity index (χ1n) is 4.97. The summed E-state index contributed by atoms with van der Waals surface area (Å²) in [6, 6.07) is 0. The average Bonchev–Trinajstić information content (AvgIpc) is 2.13. The number of ether oxygens (including phenoxy) is 2. The maximum atomic E-state index is 5.53. The minimum absolute atomic E-state index is 0.304. The molecule has 0 saturated heterocycles. The summed E-state index contributed by atoms with van der Waals surface area (Å²) in [4.78, 5) is 0. The van der Waals surface area contributed by atoms with Crippen LogP contribution in [0.15, 0.2) is 0 Å². The third kappa shape index (κ3) is 3.19. The highest BCUT2D eigenvalue weighted by atomic mass is 79.9. The first kappa shape index (κ1) is 14.9. The van der Waals surface area contributed by atoms with E-state index in [0.717, 1.165) is 25.7 Å². The SMILES string of the molecule is CCCC(Br)(Br)C(CCC)(OC)OC. The Kier molecular flexibility index (Phi) is 6.87. The van der Waals surface area contributed by atoms with E-state index in [4.69, 9.17) is 9.47 Å². The zero-order valence-electron chi connectivity index (χ0n) is 9.40. The number of halogens is 2. The molecule has 0 unspecified atom stereocenters. The fourth-order valence-electron chi connectivity index (χ4n) is 1.60. The van der Waals surface area contributed by atoms with E-state index in [9.17, 15) is 0 Å². The quantitative estimate of drug-likeness (QED) is 0.517. The second-order valence-corrected chi connectivity index (χ2v) is 7.14. The lowest BCUT2D eigenvalue weighted by atomic mass is 10.0. The van der Waals surface area contributed by atoms with Gasteiger partial charge in [0.05, 0.1) is 0 Å². The average molecular weight is 332 g/mol. The number of hydrogen-bond acceptors (Lipinski definition) is 2. The van der Waals surface area contributed by atoms with E-state index < -0.39 is 5.79 Å². The number of hydrogen-bond donors (Lipinski definition) is 0. The molecule has 0 bridgehead atoms. The minimum atomic E-state index is -0.586. The summed E-state index contributed by atoms with van der Waals surface area (Å²) in [5.41, 5.74) is 0. The molecular weight excluding hydrogens is 312 g/mol. The van der Waals surface area contributed by atoms with Crippen LogP contribution >= 0.6 is 31.9 Å². The van der Waals surface area contributed by atoms with Crippen molar-refractivity contribution in [2.24, 2.45) is 0 Å². The van der Waals surface area contributed by atoms with Gasteiger partial charge in [-0.1, -0.05) is 58.5 Å². The van der Waals surface area contributed by atoms with Gasteiger partial charge in [0.15, 0.2) is 5.79 Å². The lowest BCUT2D eigenvalue weighted by Crippen LogP contribution is -2.49. The maximum absolute atomic E-state index is 5.53. The minimum Gasteiger partial charge on any atom is -0.351 e. The second kappa shape index (κ2) is 6.46. The van der Waals surface area contributed by atoms with E-state index in [1.807, 2.05) is 0 Å². The summed E-state index contributed by atoms with van der Waals surface area (Å²) in [6.45, 7) is 4.26. The van der Waals surface area contributed by atoms with Gasteiger partial charge in [0.1, 0.15) is 3.23 Å². The fourth-order valence-corrected chi connectivity index (χ4v) is 3.44. The van der Waals surface area contributed by atoms with Crippen LogP contribution in [0.25, 0.3) is 0 Å². The lowest BCUT2D eigenvalue weighted by Gasteiger charge is -2.41. The molecule has 0 aromatic carbocycles. The Morgan fingerprint density at radius 1 is 0.929 bits per heavy atom. The Morgan fingerprint density at radius 3 is 1.64 bits per heavy atom. The molecule has 0 aliphatic heterocycles. The summed E-state index contributed by atoms with van der Waals surface area (Å²) in [7, 11) is 3.37. The molecule has 4 heteroatoms. The molecular formula is C10H20Br2O2. The third-order valence-corrected chi connectivity index (χ3v) is 4.36. The predicted octanol–water partition coefficient (Wildman–Crippen LogP) is 4.06. The molecule has 0 aliphatic carbocycles. The fraction of sp³-hybridized carbons (Fsp3) is 1.00. The van der Waals surface area contributed by atoms with E-state index in [0.29, 0.717) is 0 Å². The molecule has 0 N–H and O–H groups in total. The summed E-state index contributed by atoms with van der Waals surface area (Å²) < 4.78 is 10.8. The van der Waals surface area contributed by atoms with Crippen molar-refractivity contribution in [1.29, 1.82) is 0 Å². The van der Waals surface area contributed by atoms with Gasteiger partial charge in [-0.05, 0) is 6.42 Å². The van der Waals surface area contributed by atoms with Crippen LogP contribution in [-0.2, 0) is 9.47 Å². The first-order chi connectivity index (χ1) is 6.49. The van der Waals surface area contributed by atoms with Gasteiger partial charge in [0.25, 0.3) is 0 Å². The Labute approximate surface area is 104 Å². The highest BCUT2D eigenvalue weighted by molar-refractivity contribution is 9.25. The molecule has 0 aromatic heterocycles. The standard InChI is InChI=1S/C10H20Br2O2/c1-5-7-9(11,12)10(13-3,14-4)8-6-2/h5-8H2,1-4H3. The molecule has 0 aliphatic rings. The van der Waals surface area contributed by atoms with Crippen LogP contribution in [0.2, 0.25) is 0 Å². The molecule has 14 heavy (non-hydrogen) atoms. The van der Waals surface area contributed by atoms with Gasteiger partial charge in [-0.2, -0.15) is 0 Å². The third-order valence-electron chi connectivity index (χ3n) is 2.36. The monoisotopic (exact) mass is 330 g/mol. The van der Waals surface area contributed by atoms with Crippen LogP contribution in [-0.4, -0.2) is 23.2 Å². The van der Waals surface area contributed by atoms with E-state index >= 15 is 0 Å². The van der Waals surface area contributed by atoms with Crippen LogP contribution in [0.4, 0.5) is 0 Å². The van der Waals surface area contributed by atoms with E-state index in [1.165, 1.54) is 0 Å². The number of rotatable bonds is 7. The van der Waals surface area contributed by atoms with Crippen LogP contribution < -0.4 is 0 Å². The van der Waals surface area contributed by atoms with Crippen molar-refractivity contribution in [2.45, 2.75) is 48.6 Å². The van der Waals surface area contributed by atoms with Gasteiger partial charge in [0, 0.05) is 20.6 Å². The molecule has 2 nitrogen and oxygen atoms in total. The molecule has 0 fully saturated rings. The second-order valence-electron chi connectivity index (χ2n) is 3.37. The zero-order chi connectivity index (χ0) is 11.2. The molecule has 86 valence electrons. The van der Waals surface area contributed by atoms with Crippen LogP contribution in [0, 0.1) is 0 Å². The smallest absolute Gasteiger partial charge is 0.192 e. The van der Waals surface area contributed by atoms with Crippen LogP contribution in [0.1, 0.15) is 39.5 Å². The first-order valence-corrected chi connectivity index (χ1v) is 6.56. The van der Waals surface area contributed by atoms with Crippen LogP contribution in [0.5, 0.6) is 0 Å². The van der Waals surface area contributed by atoms with Crippen molar-refractivity contribution < 1.29 is 9.47 Å². The van der Waals surface area contributed by atoms with Gasteiger partial charge in [0.2, 0.25) is 0 Å². The Balaban J connectivity index is 4.75. The van der Waals surface area contributed by atoms with Crippen molar-refractivity contribution in [3.63, 3.8) is 0 Å². The Bertz CT molecular complexity index is 156. The van der Waals surface area contributed by atoms with E-state index in [2.05, 4.69) is 45.7 Å². The molecule has 0 heterocycles. The Hall–Kier alpha value is 0.880. The summed E-state index contributed by atoms with van der Waals surface area (Å²) in [5.74, 6) is -0.586. The number of methoxy groups -OCH3 is 2. The maximum Gasteiger partial charge on any atom is 0.192 e. The van der Waals surface area contributed by atoms with Crippen molar-refractivity contribution in [3.8, 4) is 0 Å². The molecule has 0 aromatic rings. The summed E-state index contributed by atoms with van der Waals surface area (Å²) in [5, 5.41) is 0. The van der Waals surface area contributed by atoms with Gasteiger partial charge in [-0.3, -0.25) is 0 Å². The van der Waals surface area contributed by atoms with E-state index in [-0.39, 0.29) is 3.23 Å². The van der Waals surface area contributed by atoms with Gasteiger partial charge >= 0.3 is 0 Å². The van der Waals surface area contributed by atoms with Crippen molar-refractivity contribution in [2.75, 3.05) is 14.2 Å². The largest absolute Gasteiger partial charge is 0.351 e.